The third-order valence-corrected chi connectivity index (χ3v) is 2.64. The average Bonchev–Trinajstić information content (AvgIpc) is 2.27. The van der Waals surface area contributed by atoms with Gasteiger partial charge in [-0.15, -0.1) is 0 Å². The second-order valence-corrected chi connectivity index (χ2v) is 4.13. The van der Waals surface area contributed by atoms with E-state index in [-0.39, 0.29) is 5.91 Å². The molecule has 0 unspecified atom stereocenters. The topological polar surface area (TPSA) is 46.3 Å². The first-order valence-electron chi connectivity index (χ1n) is 5.66. The van der Waals surface area contributed by atoms with Gasteiger partial charge in [0.25, 0.3) is 0 Å². The van der Waals surface area contributed by atoms with E-state index in [4.69, 9.17) is 5.73 Å². The molecule has 0 aliphatic rings. The third-order valence-electron chi connectivity index (χ3n) is 2.64. The fourth-order valence-electron chi connectivity index (χ4n) is 1.65. The standard InChI is InChI=1S/C13H20N2O/c1-4-6-12(14)13(16)15(3)11-8-5-7-10(2)9-11/h5,7-9,12H,4,6,14H2,1-3H3/t12-/m0/s1. The highest BCUT2D eigenvalue weighted by atomic mass is 16.2. The maximum atomic E-state index is 11.9. The van der Waals surface area contributed by atoms with E-state index in [1.54, 1.807) is 11.9 Å². The summed E-state index contributed by atoms with van der Waals surface area (Å²) >= 11 is 0. The van der Waals surface area contributed by atoms with Crippen LogP contribution < -0.4 is 10.6 Å². The van der Waals surface area contributed by atoms with Crippen molar-refractivity contribution in [2.45, 2.75) is 32.7 Å². The molecule has 0 heterocycles. The summed E-state index contributed by atoms with van der Waals surface area (Å²) in [4.78, 5) is 13.6. The van der Waals surface area contributed by atoms with Crippen molar-refractivity contribution in [1.29, 1.82) is 0 Å². The number of rotatable bonds is 4. The van der Waals surface area contributed by atoms with Gasteiger partial charge in [-0.3, -0.25) is 4.79 Å². The zero-order valence-corrected chi connectivity index (χ0v) is 10.2. The van der Waals surface area contributed by atoms with Gasteiger partial charge in [0, 0.05) is 12.7 Å². The van der Waals surface area contributed by atoms with Gasteiger partial charge in [-0.05, 0) is 31.0 Å². The second-order valence-electron chi connectivity index (χ2n) is 4.13. The van der Waals surface area contributed by atoms with Gasteiger partial charge in [0.05, 0.1) is 6.04 Å². The van der Waals surface area contributed by atoms with Gasteiger partial charge in [0.15, 0.2) is 0 Å². The van der Waals surface area contributed by atoms with Crippen molar-refractivity contribution in [3.8, 4) is 0 Å². The van der Waals surface area contributed by atoms with Crippen LogP contribution >= 0.6 is 0 Å². The molecule has 0 saturated heterocycles. The number of hydrogen-bond acceptors (Lipinski definition) is 2. The number of amides is 1. The smallest absolute Gasteiger partial charge is 0.243 e. The summed E-state index contributed by atoms with van der Waals surface area (Å²) in [5, 5.41) is 0. The Hall–Kier alpha value is -1.35. The van der Waals surface area contributed by atoms with E-state index in [2.05, 4.69) is 0 Å². The van der Waals surface area contributed by atoms with Crippen molar-refractivity contribution >= 4 is 11.6 Å². The fourth-order valence-corrected chi connectivity index (χ4v) is 1.65. The van der Waals surface area contributed by atoms with Crippen LogP contribution in [0.25, 0.3) is 0 Å². The molecule has 3 nitrogen and oxygen atoms in total. The number of carbonyl (C=O) groups is 1. The van der Waals surface area contributed by atoms with E-state index >= 15 is 0 Å². The predicted octanol–water partition coefficient (Wildman–Crippen LogP) is 2.09. The van der Waals surface area contributed by atoms with Crippen molar-refractivity contribution in [2.75, 3.05) is 11.9 Å². The number of aryl methyl sites for hydroxylation is 1. The molecule has 1 amide bonds. The van der Waals surface area contributed by atoms with Gasteiger partial charge in [-0.25, -0.2) is 0 Å². The molecule has 16 heavy (non-hydrogen) atoms. The largest absolute Gasteiger partial charge is 0.320 e. The number of benzene rings is 1. The Morgan fingerprint density at radius 2 is 2.19 bits per heavy atom. The number of likely N-dealkylation sites (N-methyl/N-ethyl adjacent to an activating group) is 1. The number of hydrogen-bond donors (Lipinski definition) is 1. The Balaban J connectivity index is 2.77. The highest BCUT2D eigenvalue weighted by molar-refractivity contribution is 5.96. The molecule has 0 saturated carbocycles. The highest BCUT2D eigenvalue weighted by Crippen LogP contribution is 2.15. The van der Waals surface area contributed by atoms with E-state index in [9.17, 15) is 4.79 Å². The van der Waals surface area contributed by atoms with E-state index < -0.39 is 6.04 Å². The van der Waals surface area contributed by atoms with Crippen LogP contribution in [0.1, 0.15) is 25.3 Å². The molecule has 1 rings (SSSR count). The van der Waals surface area contributed by atoms with Crippen LogP contribution in [-0.2, 0) is 4.79 Å². The Bertz CT molecular complexity index is 363. The van der Waals surface area contributed by atoms with Gasteiger partial charge in [-0.1, -0.05) is 25.5 Å². The summed E-state index contributed by atoms with van der Waals surface area (Å²) in [7, 11) is 1.77. The molecule has 0 bridgehead atoms. The van der Waals surface area contributed by atoms with Crippen LogP contribution in [0, 0.1) is 6.92 Å². The SMILES string of the molecule is CCC[C@H](N)C(=O)N(C)c1cccc(C)c1. The van der Waals surface area contributed by atoms with E-state index in [0.717, 1.165) is 24.1 Å². The maximum absolute atomic E-state index is 11.9. The van der Waals surface area contributed by atoms with Crippen LogP contribution in [0.4, 0.5) is 5.69 Å². The molecule has 0 radical (unpaired) electrons. The predicted molar refractivity (Wildman–Crippen MR) is 67.5 cm³/mol. The summed E-state index contributed by atoms with van der Waals surface area (Å²) in [6, 6.07) is 7.46. The summed E-state index contributed by atoms with van der Waals surface area (Å²) in [6.45, 7) is 4.04. The zero-order chi connectivity index (χ0) is 12.1. The molecule has 0 spiro atoms. The number of nitrogens with two attached hydrogens (primary N) is 1. The molecule has 0 aromatic heterocycles. The quantitative estimate of drug-likeness (QED) is 0.844. The minimum Gasteiger partial charge on any atom is -0.320 e. The van der Waals surface area contributed by atoms with Gasteiger partial charge >= 0.3 is 0 Å². The summed E-state index contributed by atoms with van der Waals surface area (Å²) in [5.74, 6) is -0.0209. The summed E-state index contributed by atoms with van der Waals surface area (Å²) in [6.07, 6.45) is 1.66. The van der Waals surface area contributed by atoms with Crippen molar-refractivity contribution in [3.05, 3.63) is 29.8 Å². The van der Waals surface area contributed by atoms with Gasteiger partial charge in [0.2, 0.25) is 5.91 Å². The second kappa shape index (κ2) is 5.66. The molecule has 0 aliphatic carbocycles. The first-order valence-corrected chi connectivity index (χ1v) is 5.66. The lowest BCUT2D eigenvalue weighted by molar-refractivity contribution is -0.119. The molecule has 88 valence electrons. The molecule has 3 heteroatoms. The molecule has 1 aromatic rings. The number of carbonyl (C=O) groups excluding carboxylic acids is 1. The van der Waals surface area contributed by atoms with Crippen LogP contribution in [0.3, 0.4) is 0 Å². The van der Waals surface area contributed by atoms with Crippen LogP contribution in [0.5, 0.6) is 0 Å². The average molecular weight is 220 g/mol. The Labute approximate surface area is 97.2 Å². The van der Waals surface area contributed by atoms with E-state index in [1.165, 1.54) is 0 Å². The van der Waals surface area contributed by atoms with Crippen molar-refractivity contribution in [3.63, 3.8) is 0 Å². The fraction of sp³-hybridized carbons (Fsp3) is 0.462. The van der Waals surface area contributed by atoms with Crippen molar-refractivity contribution in [2.24, 2.45) is 5.73 Å². The molecule has 1 atom stereocenters. The lowest BCUT2D eigenvalue weighted by atomic mass is 10.1. The van der Waals surface area contributed by atoms with Crippen LogP contribution in [0.15, 0.2) is 24.3 Å². The third kappa shape index (κ3) is 3.07. The normalized spacial score (nSPS) is 12.2. The molecule has 0 fully saturated rings. The molecule has 2 N–H and O–H groups in total. The van der Waals surface area contributed by atoms with Gasteiger partial charge < -0.3 is 10.6 Å². The number of anilines is 1. The number of nitrogens with zero attached hydrogens (tertiary/aromatic N) is 1. The molecule has 1 aromatic carbocycles. The monoisotopic (exact) mass is 220 g/mol. The molecular formula is C13H20N2O. The summed E-state index contributed by atoms with van der Waals surface area (Å²) in [5.41, 5.74) is 7.85. The highest BCUT2D eigenvalue weighted by Gasteiger charge is 2.18. The summed E-state index contributed by atoms with van der Waals surface area (Å²) < 4.78 is 0. The van der Waals surface area contributed by atoms with Crippen LogP contribution in [-0.4, -0.2) is 19.0 Å². The van der Waals surface area contributed by atoms with Gasteiger partial charge in [0.1, 0.15) is 0 Å². The minimum atomic E-state index is -0.393. The van der Waals surface area contributed by atoms with Crippen molar-refractivity contribution in [1.82, 2.24) is 0 Å². The van der Waals surface area contributed by atoms with E-state index in [0.29, 0.717) is 0 Å². The van der Waals surface area contributed by atoms with Gasteiger partial charge in [-0.2, -0.15) is 0 Å². The van der Waals surface area contributed by atoms with Crippen molar-refractivity contribution < 1.29 is 4.79 Å². The lowest BCUT2D eigenvalue weighted by Crippen LogP contribution is -2.41. The first-order chi connectivity index (χ1) is 7.56. The Kier molecular flexibility index (Phi) is 4.50. The van der Waals surface area contributed by atoms with E-state index in [1.807, 2.05) is 38.1 Å². The Morgan fingerprint density at radius 1 is 1.50 bits per heavy atom. The minimum absolute atomic E-state index is 0.0209. The Morgan fingerprint density at radius 3 is 2.75 bits per heavy atom. The maximum Gasteiger partial charge on any atom is 0.243 e. The molecule has 0 aliphatic heterocycles. The lowest BCUT2D eigenvalue weighted by Gasteiger charge is -2.21. The molecular weight excluding hydrogens is 200 g/mol. The first kappa shape index (κ1) is 12.7. The zero-order valence-electron chi connectivity index (χ0n) is 10.2. The van der Waals surface area contributed by atoms with Crippen LogP contribution in [0.2, 0.25) is 0 Å².